The highest BCUT2D eigenvalue weighted by Crippen LogP contribution is 2.27. The van der Waals surface area contributed by atoms with Crippen molar-refractivity contribution in [1.82, 2.24) is 5.32 Å². The number of nitrogens with zero attached hydrogens (tertiary/aromatic N) is 3. The normalized spacial score (nSPS) is 18.9. The summed E-state index contributed by atoms with van der Waals surface area (Å²) >= 11 is 0. The SMILES string of the molecule is C#C/C=C(C(=NC1CC1)NC(=C)c1cccc(C2=C/C(=C\C)CN=C2)c1)/C(C)=C/[C@@H](C)[N+]#C. The largest absolute Gasteiger partial charge is 0.340 e. The molecule has 1 atom stereocenters. The van der Waals surface area contributed by atoms with Gasteiger partial charge in [0.2, 0.25) is 0 Å². The Hall–Kier alpha value is -3.89. The van der Waals surface area contributed by atoms with Crippen LogP contribution in [-0.4, -0.2) is 30.7 Å². The third-order valence-electron chi connectivity index (χ3n) is 5.52. The van der Waals surface area contributed by atoms with Gasteiger partial charge in [0, 0.05) is 30.5 Å². The minimum Gasteiger partial charge on any atom is -0.340 e. The van der Waals surface area contributed by atoms with Crippen molar-refractivity contribution in [3.63, 3.8) is 0 Å². The van der Waals surface area contributed by atoms with Crippen molar-refractivity contribution in [2.45, 2.75) is 45.7 Å². The first-order valence-corrected chi connectivity index (χ1v) is 11.2. The van der Waals surface area contributed by atoms with E-state index < -0.39 is 0 Å². The van der Waals surface area contributed by atoms with Crippen LogP contribution in [0.4, 0.5) is 0 Å². The third kappa shape index (κ3) is 6.55. The molecule has 0 unspecified atom stereocenters. The van der Waals surface area contributed by atoms with Crippen LogP contribution in [0.15, 0.2) is 81.9 Å². The maximum atomic E-state index is 5.65. The molecule has 166 valence electrons. The molecule has 0 aromatic heterocycles. The summed E-state index contributed by atoms with van der Waals surface area (Å²) in [6.07, 6.45) is 17.7. The summed E-state index contributed by atoms with van der Waals surface area (Å²) in [4.78, 5) is 13.2. The lowest BCUT2D eigenvalue weighted by Crippen LogP contribution is -2.25. The van der Waals surface area contributed by atoms with E-state index in [2.05, 4.69) is 51.9 Å². The predicted octanol–water partition coefficient (Wildman–Crippen LogP) is 6.08. The Morgan fingerprint density at radius 3 is 2.85 bits per heavy atom. The quantitative estimate of drug-likeness (QED) is 0.240. The smallest absolute Gasteiger partial charge is 0.288 e. The first-order valence-electron chi connectivity index (χ1n) is 11.2. The number of nitrogens with one attached hydrogen (secondary N) is 1. The zero-order valence-corrected chi connectivity index (χ0v) is 19.7. The second kappa shape index (κ2) is 11.1. The van der Waals surface area contributed by atoms with Gasteiger partial charge in [-0.2, -0.15) is 0 Å². The summed E-state index contributed by atoms with van der Waals surface area (Å²) in [6, 6.07) is 8.44. The lowest BCUT2D eigenvalue weighted by molar-refractivity contribution is 1.03. The lowest BCUT2D eigenvalue weighted by atomic mass is 9.98. The molecule has 3 rings (SSSR count). The Balaban J connectivity index is 1.90. The fourth-order valence-corrected chi connectivity index (χ4v) is 3.47. The molecule has 0 amide bonds. The van der Waals surface area contributed by atoms with Gasteiger partial charge in [0.25, 0.3) is 12.6 Å². The highest BCUT2D eigenvalue weighted by molar-refractivity contribution is 6.12. The summed E-state index contributed by atoms with van der Waals surface area (Å²) < 4.78 is 0. The van der Waals surface area contributed by atoms with Crippen LogP contribution in [0.5, 0.6) is 0 Å². The van der Waals surface area contributed by atoms with Gasteiger partial charge in [0.15, 0.2) is 0 Å². The van der Waals surface area contributed by atoms with Crippen molar-refractivity contribution < 1.29 is 0 Å². The zero-order valence-electron chi connectivity index (χ0n) is 19.7. The number of hydrogen-bond acceptors (Lipinski definition) is 2. The van der Waals surface area contributed by atoms with Crippen LogP contribution in [0, 0.1) is 18.9 Å². The van der Waals surface area contributed by atoms with Gasteiger partial charge >= 0.3 is 0 Å². The fraction of sp³-hybridized carbons (Fsp3) is 0.276. The average Bonchev–Trinajstić information content (AvgIpc) is 3.66. The van der Waals surface area contributed by atoms with Crippen LogP contribution in [0.25, 0.3) is 16.1 Å². The summed E-state index contributed by atoms with van der Waals surface area (Å²) in [5.74, 6) is 3.37. The van der Waals surface area contributed by atoms with Crippen LogP contribution in [-0.2, 0) is 0 Å². The van der Waals surface area contributed by atoms with Crippen molar-refractivity contribution in [3.8, 4) is 18.9 Å². The van der Waals surface area contributed by atoms with Gasteiger partial charge < -0.3 is 5.32 Å². The highest BCUT2D eigenvalue weighted by Gasteiger charge is 2.23. The maximum absolute atomic E-state index is 5.65. The van der Waals surface area contributed by atoms with E-state index in [9.17, 15) is 0 Å². The maximum Gasteiger partial charge on any atom is 0.288 e. The monoisotopic (exact) mass is 435 g/mol. The first kappa shape index (κ1) is 23.8. The number of hydrogen-bond donors (Lipinski definition) is 1. The van der Waals surface area contributed by atoms with Crippen molar-refractivity contribution in [2.75, 3.05) is 6.54 Å². The standard InChI is InChI=1S/C29H31N4/c1-7-10-28(20(3)15-21(4)30-6)29(33-27-13-14-27)32-22(5)24-11-9-12-25(17-24)26-16-23(8-2)18-31-19-26/h1,6,8-12,15-17,19,21,27H,5,13-14,18H2,2-4H3,(H,32,33)/q+1/b20-15+,23-8+,28-10-/t21-/m1/s1. The van der Waals surface area contributed by atoms with Crippen molar-refractivity contribution in [1.29, 1.82) is 0 Å². The van der Waals surface area contributed by atoms with Crippen molar-refractivity contribution >= 4 is 23.3 Å². The molecule has 1 aliphatic carbocycles. The van der Waals surface area contributed by atoms with Gasteiger partial charge in [-0.15, -0.1) is 6.42 Å². The summed E-state index contributed by atoms with van der Waals surface area (Å²) in [5.41, 5.74) is 6.92. The second-order valence-electron chi connectivity index (χ2n) is 8.29. The number of amidine groups is 1. The topological polar surface area (TPSA) is 41.1 Å². The molecule has 1 heterocycles. The number of benzene rings is 1. The van der Waals surface area contributed by atoms with E-state index >= 15 is 0 Å². The molecule has 0 radical (unpaired) electrons. The molecular formula is C29H31N4+. The number of rotatable bonds is 7. The number of terminal acetylenes is 1. The van der Waals surface area contributed by atoms with E-state index in [4.69, 9.17) is 18.0 Å². The van der Waals surface area contributed by atoms with Gasteiger partial charge in [0.05, 0.1) is 12.6 Å². The van der Waals surface area contributed by atoms with Gasteiger partial charge in [-0.3, -0.25) is 9.98 Å². The molecule has 1 fully saturated rings. The molecule has 2 aliphatic rings. The van der Waals surface area contributed by atoms with Gasteiger partial charge in [-0.05, 0) is 72.8 Å². The van der Waals surface area contributed by atoms with Crippen LogP contribution in [0.2, 0.25) is 0 Å². The van der Waals surface area contributed by atoms with E-state index in [1.165, 1.54) is 5.57 Å². The molecule has 1 aromatic carbocycles. The molecule has 0 spiro atoms. The summed E-state index contributed by atoms with van der Waals surface area (Å²) in [5, 5.41) is 3.44. The highest BCUT2D eigenvalue weighted by atomic mass is 15.0. The Kier molecular flexibility index (Phi) is 8.01. The molecule has 0 bridgehead atoms. The molecule has 1 aromatic rings. The van der Waals surface area contributed by atoms with Crippen LogP contribution < -0.4 is 5.32 Å². The van der Waals surface area contributed by atoms with E-state index in [-0.39, 0.29) is 6.04 Å². The molecule has 1 aliphatic heterocycles. The van der Waals surface area contributed by atoms with Crippen molar-refractivity contribution in [3.05, 3.63) is 87.8 Å². The van der Waals surface area contributed by atoms with Crippen LogP contribution in [0.3, 0.4) is 0 Å². The minimum absolute atomic E-state index is 0.124. The van der Waals surface area contributed by atoms with Gasteiger partial charge in [-0.1, -0.05) is 41.6 Å². The Bertz CT molecular complexity index is 1180. The molecule has 4 heteroatoms. The molecule has 33 heavy (non-hydrogen) atoms. The predicted molar refractivity (Wildman–Crippen MR) is 143 cm³/mol. The third-order valence-corrected chi connectivity index (χ3v) is 5.52. The molecule has 1 N–H and O–H groups in total. The summed E-state index contributed by atoms with van der Waals surface area (Å²) in [6.45, 7) is 16.4. The zero-order chi connectivity index (χ0) is 23.8. The lowest BCUT2D eigenvalue weighted by Gasteiger charge is -2.17. The van der Waals surface area contributed by atoms with E-state index in [1.807, 2.05) is 45.2 Å². The number of aliphatic imine (C=N–C) groups is 2. The Labute approximate surface area is 197 Å². The second-order valence-corrected chi connectivity index (χ2v) is 8.29. The first-order chi connectivity index (χ1) is 15.9. The summed E-state index contributed by atoms with van der Waals surface area (Å²) in [7, 11) is 0. The molecule has 0 saturated heterocycles. The van der Waals surface area contributed by atoms with Crippen LogP contribution >= 0.6 is 0 Å². The van der Waals surface area contributed by atoms with E-state index in [0.717, 1.165) is 58.8 Å². The average molecular weight is 436 g/mol. The minimum atomic E-state index is -0.124. The van der Waals surface area contributed by atoms with E-state index in [0.29, 0.717) is 6.04 Å². The number of dihydropyridines is 1. The molecule has 4 nitrogen and oxygen atoms in total. The number of allylic oxidation sites excluding steroid dienone is 3. The van der Waals surface area contributed by atoms with E-state index in [1.54, 1.807) is 6.08 Å². The Morgan fingerprint density at radius 1 is 1.39 bits per heavy atom. The van der Waals surface area contributed by atoms with Gasteiger partial charge in [-0.25, -0.2) is 0 Å². The van der Waals surface area contributed by atoms with Crippen LogP contribution in [0.1, 0.15) is 44.7 Å². The molecule has 1 saturated carbocycles. The van der Waals surface area contributed by atoms with Crippen molar-refractivity contribution in [2.24, 2.45) is 9.98 Å². The Morgan fingerprint density at radius 2 is 2.18 bits per heavy atom. The molecular weight excluding hydrogens is 404 g/mol. The fourth-order valence-electron chi connectivity index (χ4n) is 3.47. The van der Waals surface area contributed by atoms with Gasteiger partial charge in [0.1, 0.15) is 5.84 Å².